The number of phenols is 1. The zero-order valence-corrected chi connectivity index (χ0v) is 36.8. The van der Waals surface area contributed by atoms with Gasteiger partial charge in [0, 0.05) is 13.1 Å². The van der Waals surface area contributed by atoms with Gasteiger partial charge in [-0.25, -0.2) is 4.79 Å². The van der Waals surface area contributed by atoms with Crippen molar-refractivity contribution in [1.29, 1.82) is 0 Å². The van der Waals surface area contributed by atoms with Gasteiger partial charge in [-0.2, -0.15) is 0 Å². The lowest BCUT2D eigenvalue weighted by atomic mass is 9.98. The first-order valence-electron chi connectivity index (χ1n) is 18.1. The molecule has 0 aliphatic carbocycles. The van der Waals surface area contributed by atoms with E-state index in [2.05, 4.69) is 37.2 Å². The van der Waals surface area contributed by atoms with Gasteiger partial charge in [0.1, 0.15) is 35.6 Å². The first kappa shape index (κ1) is 45.3. The Bertz CT molecular complexity index is 2080. The summed E-state index contributed by atoms with van der Waals surface area (Å²) in [6.07, 6.45) is -2.35. The highest BCUT2D eigenvalue weighted by Crippen LogP contribution is 2.46. The standard InChI is InChI=1S/C39H50BrN5O12Si/c1-38(2,3)56-37(50)44-30-22-18-25(46)33(54-9)28(19-22)55-27-15-13-21(17-24(27)45(51)52)32(57-58(10,11)39(4,5)6)31(34(47)41-7)43-35(48)29(42-36(30)49)20-12-14-26(53-8)23(40)16-20/h12-19,29-32,46H,1-11H3,(H,41,47)(H,42,49)(H,43,48)(H,44,50)/t29-,30-,31+,32-/m1/s1. The first-order valence-corrected chi connectivity index (χ1v) is 21.8. The molecule has 0 saturated carbocycles. The number of hydrogen-bond acceptors (Lipinski definition) is 12. The monoisotopic (exact) mass is 887 g/mol. The highest BCUT2D eigenvalue weighted by Gasteiger charge is 2.45. The molecule has 0 radical (unpaired) electrons. The molecule has 2 aliphatic heterocycles. The van der Waals surface area contributed by atoms with Crippen LogP contribution < -0.4 is 35.5 Å². The molecule has 4 atom stereocenters. The van der Waals surface area contributed by atoms with Crippen molar-refractivity contribution < 1.29 is 52.6 Å². The molecule has 17 nitrogen and oxygen atoms in total. The number of methoxy groups -OCH3 is 2. The van der Waals surface area contributed by atoms with Crippen molar-refractivity contribution >= 4 is 53.7 Å². The second-order valence-corrected chi connectivity index (χ2v) is 21.6. The number of nitrogens with one attached hydrogen (secondary N) is 4. The average Bonchev–Trinajstić information content (AvgIpc) is 3.12. The van der Waals surface area contributed by atoms with Crippen LogP contribution in [0.1, 0.15) is 76.4 Å². The van der Waals surface area contributed by atoms with E-state index in [9.17, 15) is 34.4 Å². The minimum atomic E-state index is -2.85. The molecule has 4 bridgehead atoms. The van der Waals surface area contributed by atoms with Crippen LogP contribution in [0.15, 0.2) is 53.0 Å². The number of phenolic OH excluding ortho intramolecular Hbond substituents is 1. The number of nitrogens with zero attached hydrogens (tertiary/aromatic N) is 1. The zero-order chi connectivity index (χ0) is 43.5. The van der Waals surface area contributed by atoms with Crippen LogP contribution in [-0.2, 0) is 23.5 Å². The minimum Gasteiger partial charge on any atom is -0.504 e. The van der Waals surface area contributed by atoms with E-state index in [-0.39, 0.29) is 33.9 Å². The highest BCUT2D eigenvalue weighted by atomic mass is 79.9. The van der Waals surface area contributed by atoms with Crippen molar-refractivity contribution in [1.82, 2.24) is 21.3 Å². The number of nitro benzene ring substituents is 1. The predicted octanol–water partition coefficient (Wildman–Crippen LogP) is 6.60. The molecule has 0 saturated heterocycles. The molecule has 58 heavy (non-hydrogen) atoms. The van der Waals surface area contributed by atoms with Gasteiger partial charge in [0.2, 0.25) is 29.2 Å². The van der Waals surface area contributed by atoms with Crippen LogP contribution in [0.2, 0.25) is 18.1 Å². The van der Waals surface area contributed by atoms with Gasteiger partial charge in [0.05, 0.1) is 23.6 Å². The first-order chi connectivity index (χ1) is 26.9. The summed E-state index contributed by atoms with van der Waals surface area (Å²) in [5.74, 6) is -3.54. The molecule has 5 N–H and O–H groups in total. The average molecular weight is 889 g/mol. The summed E-state index contributed by atoms with van der Waals surface area (Å²) in [7, 11) is 1.19. The fourth-order valence-corrected chi connectivity index (χ4v) is 7.54. The number of hydrogen-bond donors (Lipinski definition) is 5. The predicted molar refractivity (Wildman–Crippen MR) is 219 cm³/mol. The molecule has 3 aromatic carbocycles. The Kier molecular flexibility index (Phi) is 13.8. The Labute approximate surface area is 345 Å². The highest BCUT2D eigenvalue weighted by molar-refractivity contribution is 9.10. The number of rotatable bonds is 8. The molecule has 19 heteroatoms. The van der Waals surface area contributed by atoms with Crippen molar-refractivity contribution in [2.24, 2.45) is 0 Å². The molecule has 4 amide bonds. The third kappa shape index (κ3) is 10.4. The Balaban J connectivity index is 2.09. The quantitative estimate of drug-likeness (QED) is 0.0916. The third-order valence-electron chi connectivity index (χ3n) is 9.66. The number of aromatic hydroxyl groups is 1. The summed E-state index contributed by atoms with van der Waals surface area (Å²) in [4.78, 5) is 68.5. The van der Waals surface area contributed by atoms with Crippen LogP contribution in [0.5, 0.6) is 28.7 Å². The van der Waals surface area contributed by atoms with Crippen LogP contribution in [0.4, 0.5) is 10.5 Å². The maximum absolute atomic E-state index is 14.7. The Morgan fingerprint density at radius 2 is 1.57 bits per heavy atom. The van der Waals surface area contributed by atoms with Crippen LogP contribution in [-0.4, -0.2) is 75.1 Å². The normalized spacial score (nSPS) is 18.9. The number of ether oxygens (including phenoxy) is 4. The molecule has 2 aliphatic rings. The lowest BCUT2D eigenvalue weighted by Crippen LogP contribution is -2.56. The zero-order valence-electron chi connectivity index (χ0n) is 34.2. The van der Waals surface area contributed by atoms with Crippen LogP contribution in [0, 0.1) is 10.1 Å². The van der Waals surface area contributed by atoms with Crippen LogP contribution in [0.25, 0.3) is 0 Å². The Morgan fingerprint density at radius 3 is 2.12 bits per heavy atom. The SMILES string of the molecule is CNC(=O)[C@H]1NC(=O)[C@@H](c2ccc(OC)c(Br)c2)NC(=O)[C@H](NC(=O)OC(C)(C)C)c2cc(O)c(OC)c(c2)Oc2ccc(cc2[N+](=O)[O-])[C@H]1O[Si](C)(C)C(C)(C)C. The Morgan fingerprint density at radius 1 is 0.914 bits per heavy atom. The molecule has 0 spiro atoms. The van der Waals surface area contributed by atoms with Gasteiger partial charge in [-0.15, -0.1) is 0 Å². The van der Waals surface area contributed by atoms with Crippen molar-refractivity contribution in [3.63, 3.8) is 0 Å². The maximum atomic E-state index is 14.7. The molecule has 5 rings (SSSR count). The van der Waals surface area contributed by atoms with E-state index in [1.807, 2.05) is 33.9 Å². The van der Waals surface area contributed by atoms with Gasteiger partial charge in [0.25, 0.3) is 0 Å². The second kappa shape index (κ2) is 17.6. The number of carbonyl (C=O) groups is 4. The van der Waals surface area contributed by atoms with Gasteiger partial charge in [-0.05, 0) is 102 Å². The summed E-state index contributed by atoms with van der Waals surface area (Å²) in [5, 5.41) is 34.0. The summed E-state index contributed by atoms with van der Waals surface area (Å²) < 4.78 is 29.5. The second-order valence-electron chi connectivity index (χ2n) is 16.0. The number of carbonyl (C=O) groups excluding carboxylic acids is 4. The lowest BCUT2D eigenvalue weighted by Gasteiger charge is -2.41. The maximum Gasteiger partial charge on any atom is 0.408 e. The number of alkyl carbamates (subject to hydrolysis) is 1. The minimum absolute atomic E-state index is 0.0934. The fraction of sp³-hybridized carbons (Fsp3) is 0.436. The van der Waals surface area contributed by atoms with E-state index in [1.165, 1.54) is 57.7 Å². The van der Waals surface area contributed by atoms with Crippen molar-refractivity contribution in [2.75, 3.05) is 21.3 Å². The van der Waals surface area contributed by atoms with Crippen LogP contribution in [0.3, 0.4) is 0 Å². The van der Waals surface area contributed by atoms with Crippen molar-refractivity contribution in [2.45, 2.75) is 89.5 Å². The van der Waals surface area contributed by atoms with Crippen LogP contribution >= 0.6 is 15.9 Å². The van der Waals surface area contributed by atoms with E-state index in [0.717, 1.165) is 6.07 Å². The summed E-state index contributed by atoms with van der Waals surface area (Å²) in [6.45, 7) is 14.6. The fourth-order valence-electron chi connectivity index (χ4n) is 5.72. The molecular weight excluding hydrogens is 838 g/mol. The summed E-state index contributed by atoms with van der Waals surface area (Å²) in [6, 6.07) is 6.14. The van der Waals surface area contributed by atoms with E-state index in [4.69, 9.17) is 23.4 Å². The molecular formula is C39H50BrN5O12Si. The van der Waals surface area contributed by atoms with Crippen molar-refractivity contribution in [3.8, 4) is 28.7 Å². The molecule has 0 fully saturated rings. The van der Waals surface area contributed by atoms with Crippen molar-refractivity contribution in [3.05, 3.63) is 79.8 Å². The van der Waals surface area contributed by atoms with Gasteiger partial charge in [-0.3, -0.25) is 24.5 Å². The number of nitro groups is 1. The molecule has 2 heterocycles. The third-order valence-corrected chi connectivity index (χ3v) is 14.7. The summed E-state index contributed by atoms with van der Waals surface area (Å²) >= 11 is 3.43. The Hall–Kier alpha value is -5.40. The van der Waals surface area contributed by atoms with E-state index in [0.29, 0.717) is 10.2 Å². The molecule has 0 unspecified atom stereocenters. The van der Waals surface area contributed by atoms with Gasteiger partial charge in [0.15, 0.2) is 19.8 Å². The number of amides is 4. The number of fused-ring (bicyclic) bond motifs is 9. The van der Waals surface area contributed by atoms with Gasteiger partial charge < -0.3 is 49.7 Å². The molecule has 314 valence electrons. The van der Waals surface area contributed by atoms with E-state index in [1.54, 1.807) is 26.8 Å². The lowest BCUT2D eigenvalue weighted by molar-refractivity contribution is -0.385. The number of benzene rings is 3. The van der Waals surface area contributed by atoms with Gasteiger partial charge in [-0.1, -0.05) is 32.9 Å². The number of likely N-dealkylation sites (N-methyl/N-ethyl adjacent to an activating group) is 1. The van der Waals surface area contributed by atoms with Gasteiger partial charge >= 0.3 is 11.8 Å². The molecule has 3 aromatic rings. The number of halogens is 1. The topological polar surface area (TPSA) is 226 Å². The smallest absolute Gasteiger partial charge is 0.408 e. The van der Waals surface area contributed by atoms with E-state index >= 15 is 0 Å². The van der Waals surface area contributed by atoms with E-state index < -0.39 is 83.4 Å². The molecule has 0 aromatic heterocycles. The summed E-state index contributed by atoms with van der Waals surface area (Å²) in [5.41, 5.74) is -1.29. The largest absolute Gasteiger partial charge is 0.504 e.